The third-order valence-electron chi connectivity index (χ3n) is 2.82. The van der Waals surface area contributed by atoms with Crippen LogP contribution < -0.4 is 0 Å². The maximum Gasteiger partial charge on any atom is 0.190 e. The van der Waals surface area contributed by atoms with Crippen LogP contribution in [0.5, 0.6) is 0 Å². The van der Waals surface area contributed by atoms with Crippen molar-refractivity contribution in [1.82, 2.24) is 0 Å². The molecule has 0 aliphatic carbocycles. The van der Waals surface area contributed by atoms with Crippen molar-refractivity contribution in [1.29, 1.82) is 5.26 Å². The van der Waals surface area contributed by atoms with E-state index in [1.165, 1.54) is 12.1 Å². The van der Waals surface area contributed by atoms with Gasteiger partial charge >= 0.3 is 0 Å². The number of nitrogens with zero attached hydrogens (tertiary/aromatic N) is 1. The summed E-state index contributed by atoms with van der Waals surface area (Å²) in [4.78, 5) is 12.2. The summed E-state index contributed by atoms with van der Waals surface area (Å²) < 4.78 is 27.2. The molecule has 0 N–H and O–H groups in total. The van der Waals surface area contributed by atoms with E-state index in [1.807, 2.05) is 0 Å². The van der Waals surface area contributed by atoms with Crippen molar-refractivity contribution in [2.24, 2.45) is 0 Å². The van der Waals surface area contributed by atoms with Crippen LogP contribution in [0.1, 0.15) is 21.8 Å². The fraction of sp³-hybridized carbons (Fsp3) is 0.0667. The van der Waals surface area contributed by atoms with Gasteiger partial charge in [-0.15, -0.1) is 0 Å². The molecule has 0 fully saturated rings. The van der Waals surface area contributed by atoms with Crippen LogP contribution in [-0.2, 0) is 0 Å². The molecule has 100 valence electrons. The van der Waals surface area contributed by atoms with Crippen LogP contribution in [0.25, 0.3) is 0 Å². The van der Waals surface area contributed by atoms with E-state index >= 15 is 0 Å². The highest BCUT2D eigenvalue weighted by Gasteiger charge is 2.28. The van der Waals surface area contributed by atoms with E-state index in [2.05, 4.69) is 0 Å². The zero-order valence-corrected chi connectivity index (χ0v) is 10.9. The van der Waals surface area contributed by atoms with Gasteiger partial charge in [0.15, 0.2) is 5.78 Å². The minimum absolute atomic E-state index is 0.198. The first-order chi connectivity index (χ1) is 9.56. The normalized spacial score (nSPS) is 11.7. The van der Waals surface area contributed by atoms with Crippen molar-refractivity contribution in [2.45, 2.75) is 5.92 Å². The molecule has 2 aromatic rings. The van der Waals surface area contributed by atoms with Gasteiger partial charge in [0.25, 0.3) is 0 Å². The Morgan fingerprint density at radius 2 is 1.70 bits per heavy atom. The van der Waals surface area contributed by atoms with E-state index in [0.29, 0.717) is 0 Å². The summed E-state index contributed by atoms with van der Waals surface area (Å²) in [5.74, 6) is -4.30. The van der Waals surface area contributed by atoms with Gasteiger partial charge in [0.05, 0.1) is 11.6 Å². The number of halogens is 3. The molecule has 2 nitrogen and oxygen atoms in total. The van der Waals surface area contributed by atoms with Crippen LogP contribution in [0.2, 0.25) is 5.02 Å². The number of Topliss-reactive ketones (excluding diaryl/α,β-unsaturated/α-hetero) is 1. The van der Waals surface area contributed by atoms with Crippen molar-refractivity contribution in [3.8, 4) is 6.07 Å². The van der Waals surface area contributed by atoms with Gasteiger partial charge in [-0.25, -0.2) is 8.78 Å². The minimum Gasteiger partial charge on any atom is -0.292 e. The largest absolute Gasteiger partial charge is 0.292 e. The number of nitriles is 1. The molecule has 2 aromatic carbocycles. The molecule has 0 amide bonds. The monoisotopic (exact) mass is 291 g/mol. The molecule has 0 saturated carbocycles. The minimum atomic E-state index is -1.35. The molecule has 2 rings (SSSR count). The lowest BCUT2D eigenvalue weighted by Crippen LogP contribution is -2.15. The highest BCUT2D eigenvalue weighted by atomic mass is 35.5. The van der Waals surface area contributed by atoms with Crippen molar-refractivity contribution in [2.75, 3.05) is 0 Å². The molecule has 1 atom stereocenters. The number of hydrogen-bond donors (Lipinski definition) is 0. The molecule has 1 unspecified atom stereocenters. The van der Waals surface area contributed by atoms with Crippen molar-refractivity contribution in [3.05, 3.63) is 70.2 Å². The molecule has 0 heterocycles. The first-order valence-corrected chi connectivity index (χ1v) is 6.06. The Balaban J connectivity index is 2.52. The Bertz CT molecular complexity index is 689. The molecular formula is C15H8ClF2NO. The standard InChI is InChI=1S/C15H8ClF2NO/c16-11-5-2-1-4-9(11)10(8-19)15(20)14-12(17)6-3-7-13(14)18/h1-7,10H. The summed E-state index contributed by atoms with van der Waals surface area (Å²) in [6.07, 6.45) is 0. The number of carbonyl (C=O) groups is 1. The Hall–Kier alpha value is -2.25. The van der Waals surface area contributed by atoms with E-state index in [1.54, 1.807) is 18.2 Å². The first kappa shape index (κ1) is 14.2. The van der Waals surface area contributed by atoms with Gasteiger partial charge in [0.1, 0.15) is 17.6 Å². The van der Waals surface area contributed by atoms with Crippen LogP contribution in [-0.4, -0.2) is 5.78 Å². The van der Waals surface area contributed by atoms with Crippen LogP contribution in [0, 0.1) is 23.0 Å². The maximum atomic E-state index is 13.6. The molecule has 0 spiro atoms. The molecule has 0 bridgehead atoms. The number of hydrogen-bond acceptors (Lipinski definition) is 2. The lowest BCUT2D eigenvalue weighted by Gasteiger charge is -2.11. The van der Waals surface area contributed by atoms with E-state index in [4.69, 9.17) is 16.9 Å². The zero-order valence-electron chi connectivity index (χ0n) is 10.1. The Labute approximate surface area is 119 Å². The average molecular weight is 292 g/mol. The predicted molar refractivity (Wildman–Crippen MR) is 70.5 cm³/mol. The summed E-state index contributed by atoms with van der Waals surface area (Å²) in [6.45, 7) is 0. The van der Waals surface area contributed by atoms with Gasteiger partial charge in [0.2, 0.25) is 0 Å². The maximum absolute atomic E-state index is 13.6. The first-order valence-electron chi connectivity index (χ1n) is 5.68. The van der Waals surface area contributed by atoms with E-state index in [0.717, 1.165) is 18.2 Å². The van der Waals surface area contributed by atoms with Crippen molar-refractivity contribution in [3.63, 3.8) is 0 Å². The Morgan fingerprint density at radius 1 is 1.10 bits per heavy atom. The zero-order chi connectivity index (χ0) is 14.7. The highest BCUT2D eigenvalue weighted by Crippen LogP contribution is 2.28. The Kier molecular flexibility index (Phi) is 4.11. The molecule has 0 aliphatic rings. The predicted octanol–water partition coefficient (Wildman–Crippen LogP) is 4.11. The smallest absolute Gasteiger partial charge is 0.190 e. The highest BCUT2D eigenvalue weighted by molar-refractivity contribution is 6.31. The van der Waals surface area contributed by atoms with Gasteiger partial charge in [-0.05, 0) is 23.8 Å². The second-order valence-corrected chi connectivity index (χ2v) is 4.45. The molecule has 0 radical (unpaired) electrons. The quantitative estimate of drug-likeness (QED) is 0.799. The molecule has 20 heavy (non-hydrogen) atoms. The molecular weight excluding hydrogens is 284 g/mol. The van der Waals surface area contributed by atoms with Gasteiger partial charge < -0.3 is 0 Å². The fourth-order valence-corrected chi connectivity index (χ4v) is 2.10. The second-order valence-electron chi connectivity index (χ2n) is 4.04. The Morgan fingerprint density at radius 3 is 2.25 bits per heavy atom. The topological polar surface area (TPSA) is 40.9 Å². The number of ketones is 1. The van der Waals surface area contributed by atoms with Crippen molar-refractivity contribution >= 4 is 17.4 Å². The summed E-state index contributed by atoms with van der Waals surface area (Å²) in [5, 5.41) is 9.34. The van der Waals surface area contributed by atoms with E-state index in [9.17, 15) is 13.6 Å². The van der Waals surface area contributed by atoms with Crippen LogP contribution in [0.4, 0.5) is 8.78 Å². The third-order valence-corrected chi connectivity index (χ3v) is 3.16. The average Bonchev–Trinajstić information content (AvgIpc) is 2.41. The molecule has 5 heteroatoms. The summed E-state index contributed by atoms with van der Waals surface area (Å²) in [7, 11) is 0. The summed E-state index contributed by atoms with van der Waals surface area (Å²) >= 11 is 5.92. The van der Waals surface area contributed by atoms with E-state index < -0.39 is 28.9 Å². The molecule has 0 aromatic heterocycles. The fourth-order valence-electron chi connectivity index (χ4n) is 1.86. The lowest BCUT2D eigenvalue weighted by molar-refractivity contribution is 0.0970. The number of carbonyl (C=O) groups excluding carboxylic acids is 1. The second kappa shape index (κ2) is 5.81. The summed E-state index contributed by atoms with van der Waals surface area (Å²) in [6, 6.07) is 11.0. The van der Waals surface area contributed by atoms with Crippen LogP contribution in [0.15, 0.2) is 42.5 Å². The van der Waals surface area contributed by atoms with Gasteiger partial charge in [-0.1, -0.05) is 35.9 Å². The molecule has 0 aliphatic heterocycles. The van der Waals surface area contributed by atoms with Crippen LogP contribution >= 0.6 is 11.6 Å². The van der Waals surface area contributed by atoms with Gasteiger partial charge in [-0.2, -0.15) is 5.26 Å². The lowest BCUT2D eigenvalue weighted by atomic mass is 9.91. The van der Waals surface area contributed by atoms with Crippen LogP contribution in [0.3, 0.4) is 0 Å². The SMILES string of the molecule is N#CC(C(=O)c1c(F)cccc1F)c1ccccc1Cl. The van der Waals surface area contributed by atoms with Gasteiger partial charge in [-0.3, -0.25) is 4.79 Å². The van der Waals surface area contributed by atoms with Gasteiger partial charge in [0, 0.05) is 5.02 Å². The number of rotatable bonds is 3. The number of benzene rings is 2. The van der Waals surface area contributed by atoms with E-state index in [-0.39, 0.29) is 10.6 Å². The molecule has 0 saturated heterocycles. The van der Waals surface area contributed by atoms with Crippen molar-refractivity contribution < 1.29 is 13.6 Å². The summed E-state index contributed by atoms with van der Waals surface area (Å²) in [5.41, 5.74) is -0.497. The third kappa shape index (κ3) is 2.54.